The average molecular weight is 227 g/mol. The normalized spacial score (nSPS) is 35.1. The van der Waals surface area contributed by atoms with Crippen molar-refractivity contribution in [1.82, 2.24) is 4.90 Å². The molecule has 1 saturated carbocycles. The fraction of sp³-hybridized carbons (Fsp3) is 0.917. The lowest BCUT2D eigenvalue weighted by molar-refractivity contribution is -0.187. The first kappa shape index (κ1) is 11.9. The molecular weight excluding hydrogens is 206 g/mol. The highest BCUT2D eigenvalue weighted by molar-refractivity contribution is 5.77. The molecule has 1 unspecified atom stereocenters. The second-order valence-electron chi connectivity index (χ2n) is 5.43. The molecule has 16 heavy (non-hydrogen) atoms. The van der Waals surface area contributed by atoms with Crippen molar-refractivity contribution in [1.29, 1.82) is 0 Å². The first-order valence-corrected chi connectivity index (χ1v) is 6.15. The smallest absolute Gasteiger partial charge is 0.312 e. The Labute approximate surface area is 96.3 Å². The fourth-order valence-electron chi connectivity index (χ4n) is 3.14. The van der Waals surface area contributed by atoms with Crippen molar-refractivity contribution in [2.24, 2.45) is 5.41 Å². The summed E-state index contributed by atoms with van der Waals surface area (Å²) in [5.74, 6) is -0.800. The van der Waals surface area contributed by atoms with E-state index < -0.39 is 17.0 Å². The van der Waals surface area contributed by atoms with E-state index in [4.69, 9.17) is 0 Å². The number of rotatable bonds is 2. The van der Waals surface area contributed by atoms with Crippen molar-refractivity contribution in [2.45, 2.75) is 44.1 Å². The summed E-state index contributed by atoms with van der Waals surface area (Å²) in [6.45, 7) is 1.75. The first-order chi connectivity index (χ1) is 7.50. The summed E-state index contributed by atoms with van der Waals surface area (Å²) < 4.78 is 0. The molecule has 0 aromatic heterocycles. The molecule has 0 amide bonds. The van der Waals surface area contributed by atoms with Crippen LogP contribution in [-0.4, -0.2) is 46.8 Å². The molecule has 0 aromatic rings. The summed E-state index contributed by atoms with van der Waals surface area (Å²) in [6.07, 6.45) is 4.33. The predicted molar refractivity (Wildman–Crippen MR) is 60.2 cm³/mol. The number of hydrogen-bond acceptors (Lipinski definition) is 3. The highest BCUT2D eigenvalue weighted by Gasteiger charge is 2.59. The van der Waals surface area contributed by atoms with Crippen LogP contribution in [0.4, 0.5) is 0 Å². The Morgan fingerprint density at radius 2 is 1.81 bits per heavy atom. The van der Waals surface area contributed by atoms with E-state index in [-0.39, 0.29) is 0 Å². The predicted octanol–water partition coefficient (Wildman–Crippen LogP) is 1.09. The van der Waals surface area contributed by atoms with Gasteiger partial charge in [-0.25, -0.2) is 0 Å². The SMILES string of the molecule is CN1CCCC(O)(C2(C(=O)O)CCC2)CC1. The molecule has 1 saturated heterocycles. The maximum Gasteiger partial charge on any atom is 0.312 e. The maximum atomic E-state index is 11.4. The molecule has 4 heteroatoms. The monoisotopic (exact) mass is 227 g/mol. The lowest BCUT2D eigenvalue weighted by Crippen LogP contribution is -2.57. The number of aliphatic carboxylic acids is 1. The molecule has 4 nitrogen and oxygen atoms in total. The summed E-state index contributed by atoms with van der Waals surface area (Å²) in [5, 5.41) is 20.1. The van der Waals surface area contributed by atoms with Crippen molar-refractivity contribution in [3.05, 3.63) is 0 Å². The highest BCUT2D eigenvalue weighted by Crippen LogP contribution is 2.53. The summed E-state index contributed by atoms with van der Waals surface area (Å²) in [7, 11) is 2.03. The summed E-state index contributed by atoms with van der Waals surface area (Å²) in [5.41, 5.74) is -1.83. The Morgan fingerprint density at radius 1 is 1.12 bits per heavy atom. The van der Waals surface area contributed by atoms with Gasteiger partial charge in [0.15, 0.2) is 0 Å². The van der Waals surface area contributed by atoms with Gasteiger partial charge in [-0.1, -0.05) is 6.42 Å². The molecule has 2 fully saturated rings. The number of aliphatic hydroxyl groups is 1. The molecule has 1 atom stereocenters. The Balaban J connectivity index is 2.19. The van der Waals surface area contributed by atoms with Crippen molar-refractivity contribution < 1.29 is 15.0 Å². The number of carbonyl (C=O) groups is 1. The van der Waals surface area contributed by atoms with Crippen molar-refractivity contribution in [3.8, 4) is 0 Å². The van der Waals surface area contributed by atoms with Crippen LogP contribution < -0.4 is 0 Å². The van der Waals surface area contributed by atoms with Crippen LogP contribution in [-0.2, 0) is 4.79 Å². The molecule has 0 aromatic carbocycles. The van der Waals surface area contributed by atoms with Gasteiger partial charge >= 0.3 is 5.97 Å². The number of carboxylic acid groups (broad SMARTS) is 1. The van der Waals surface area contributed by atoms with E-state index in [1.807, 2.05) is 7.05 Å². The van der Waals surface area contributed by atoms with Gasteiger partial charge in [-0.2, -0.15) is 0 Å². The maximum absolute atomic E-state index is 11.4. The molecule has 1 aliphatic carbocycles. The van der Waals surface area contributed by atoms with Crippen LogP contribution in [0.15, 0.2) is 0 Å². The zero-order valence-electron chi connectivity index (χ0n) is 9.91. The number of hydrogen-bond donors (Lipinski definition) is 2. The molecule has 0 spiro atoms. The highest BCUT2D eigenvalue weighted by atomic mass is 16.4. The first-order valence-electron chi connectivity index (χ1n) is 6.15. The molecule has 2 N–H and O–H groups in total. The summed E-state index contributed by atoms with van der Waals surface area (Å²) in [4.78, 5) is 13.6. The second-order valence-corrected chi connectivity index (χ2v) is 5.43. The summed E-state index contributed by atoms with van der Waals surface area (Å²) >= 11 is 0. The zero-order chi connectivity index (χ0) is 11.8. The fourth-order valence-corrected chi connectivity index (χ4v) is 3.14. The lowest BCUT2D eigenvalue weighted by Gasteiger charge is -2.50. The molecule has 0 bridgehead atoms. The van der Waals surface area contributed by atoms with Crippen molar-refractivity contribution in [3.63, 3.8) is 0 Å². The van der Waals surface area contributed by atoms with Gasteiger partial charge in [-0.05, 0) is 45.7 Å². The van der Waals surface area contributed by atoms with Gasteiger partial charge in [0.2, 0.25) is 0 Å². The summed E-state index contributed by atoms with van der Waals surface area (Å²) in [6, 6.07) is 0. The molecule has 1 aliphatic heterocycles. The third-order valence-corrected chi connectivity index (χ3v) is 4.54. The van der Waals surface area contributed by atoms with Crippen LogP contribution in [0, 0.1) is 5.41 Å². The Kier molecular flexibility index (Phi) is 2.97. The van der Waals surface area contributed by atoms with Gasteiger partial charge in [0.05, 0.1) is 11.0 Å². The Hall–Kier alpha value is -0.610. The largest absolute Gasteiger partial charge is 0.481 e. The van der Waals surface area contributed by atoms with Gasteiger partial charge in [-0.15, -0.1) is 0 Å². The van der Waals surface area contributed by atoms with Crippen LogP contribution in [0.2, 0.25) is 0 Å². The van der Waals surface area contributed by atoms with Crippen LogP contribution in [0.25, 0.3) is 0 Å². The molecule has 1 heterocycles. The molecule has 92 valence electrons. The van der Waals surface area contributed by atoms with Gasteiger partial charge in [0, 0.05) is 6.54 Å². The van der Waals surface area contributed by atoms with E-state index in [9.17, 15) is 15.0 Å². The topological polar surface area (TPSA) is 60.8 Å². The van der Waals surface area contributed by atoms with E-state index in [2.05, 4.69) is 4.90 Å². The minimum absolute atomic E-state index is 0.593. The molecule has 2 aliphatic rings. The van der Waals surface area contributed by atoms with E-state index in [1.165, 1.54) is 0 Å². The molecule has 2 rings (SSSR count). The van der Waals surface area contributed by atoms with E-state index in [1.54, 1.807) is 0 Å². The number of nitrogens with zero attached hydrogens (tertiary/aromatic N) is 1. The number of likely N-dealkylation sites (tertiary alicyclic amines) is 1. The lowest BCUT2D eigenvalue weighted by atomic mass is 9.56. The third-order valence-electron chi connectivity index (χ3n) is 4.54. The van der Waals surface area contributed by atoms with Gasteiger partial charge in [0.25, 0.3) is 0 Å². The van der Waals surface area contributed by atoms with Crippen LogP contribution >= 0.6 is 0 Å². The number of carboxylic acids is 1. The van der Waals surface area contributed by atoms with Crippen LogP contribution in [0.1, 0.15) is 38.5 Å². The van der Waals surface area contributed by atoms with Gasteiger partial charge in [-0.3, -0.25) is 4.79 Å². The van der Waals surface area contributed by atoms with E-state index in [0.29, 0.717) is 25.7 Å². The average Bonchev–Trinajstić information content (AvgIpc) is 2.26. The standard InChI is InChI=1S/C12H21NO3/c1-13-8-3-6-12(16,7-9-13)11(10(14)15)4-2-5-11/h16H,2-9H2,1H3,(H,14,15). The Bertz CT molecular complexity index is 288. The van der Waals surface area contributed by atoms with Crippen molar-refractivity contribution >= 4 is 5.97 Å². The third kappa shape index (κ3) is 1.64. The zero-order valence-corrected chi connectivity index (χ0v) is 9.91. The minimum atomic E-state index is -0.984. The van der Waals surface area contributed by atoms with Gasteiger partial charge < -0.3 is 15.1 Å². The van der Waals surface area contributed by atoms with E-state index in [0.717, 1.165) is 25.9 Å². The quantitative estimate of drug-likeness (QED) is 0.741. The molecular formula is C12H21NO3. The van der Waals surface area contributed by atoms with Crippen LogP contribution in [0.3, 0.4) is 0 Å². The van der Waals surface area contributed by atoms with Crippen LogP contribution in [0.5, 0.6) is 0 Å². The Morgan fingerprint density at radius 3 is 2.31 bits per heavy atom. The molecule has 0 radical (unpaired) electrons. The van der Waals surface area contributed by atoms with Gasteiger partial charge in [0.1, 0.15) is 0 Å². The van der Waals surface area contributed by atoms with Crippen molar-refractivity contribution in [2.75, 3.05) is 20.1 Å². The van der Waals surface area contributed by atoms with E-state index >= 15 is 0 Å². The second kappa shape index (κ2) is 4.00. The minimum Gasteiger partial charge on any atom is -0.481 e.